The summed E-state index contributed by atoms with van der Waals surface area (Å²) in [6.45, 7) is 3.86. The Balaban J connectivity index is 2.26. The number of nitro benzene ring substituents is 1. The van der Waals surface area contributed by atoms with E-state index in [2.05, 4.69) is 10.1 Å². The lowest BCUT2D eigenvalue weighted by molar-refractivity contribution is -0.384. The normalized spacial score (nSPS) is 13.9. The molecule has 0 aliphatic rings. The maximum atomic E-state index is 10.6. The Morgan fingerprint density at radius 2 is 2.05 bits per heavy atom. The van der Waals surface area contributed by atoms with Crippen LogP contribution < -0.4 is 5.73 Å². The molecule has 1 atom stereocenters. The van der Waals surface area contributed by atoms with Gasteiger partial charge in [-0.3, -0.25) is 10.1 Å². The molecule has 0 amide bonds. The fourth-order valence-corrected chi connectivity index (χ4v) is 1.93. The van der Waals surface area contributed by atoms with Crippen LogP contribution in [0.5, 0.6) is 0 Å². The summed E-state index contributed by atoms with van der Waals surface area (Å²) in [6.07, 6.45) is 1.64. The van der Waals surface area contributed by atoms with Gasteiger partial charge in [-0.15, -0.1) is 0 Å². The van der Waals surface area contributed by atoms with Gasteiger partial charge in [-0.1, -0.05) is 18.5 Å². The summed E-state index contributed by atoms with van der Waals surface area (Å²) in [5.41, 5.74) is 6.12. The van der Waals surface area contributed by atoms with E-state index in [0.29, 0.717) is 17.3 Å². The second-order valence-electron chi connectivity index (χ2n) is 4.89. The van der Waals surface area contributed by atoms with Crippen molar-refractivity contribution in [2.45, 2.75) is 32.2 Å². The zero-order chi connectivity index (χ0) is 14.8. The van der Waals surface area contributed by atoms with E-state index in [-0.39, 0.29) is 5.69 Å². The van der Waals surface area contributed by atoms with Gasteiger partial charge >= 0.3 is 0 Å². The molecule has 1 heterocycles. The number of aromatic nitrogens is 2. The zero-order valence-corrected chi connectivity index (χ0v) is 11.4. The fraction of sp³-hybridized carbons (Fsp3) is 0.385. The lowest BCUT2D eigenvalue weighted by atomic mass is 9.98. The minimum atomic E-state index is -0.666. The molecule has 0 aliphatic carbocycles. The standard InChI is InChI=1S/C13H16N4O3/c1-3-8-13(2,14)12-15-11(16-20-12)9-4-6-10(7-5-9)17(18)19/h4-7H,3,8,14H2,1-2H3. The summed E-state index contributed by atoms with van der Waals surface area (Å²) >= 11 is 0. The van der Waals surface area contributed by atoms with Crippen molar-refractivity contribution in [3.05, 3.63) is 40.3 Å². The van der Waals surface area contributed by atoms with Crippen LogP contribution in [0.15, 0.2) is 28.8 Å². The Labute approximate surface area is 115 Å². The molecule has 1 unspecified atom stereocenters. The first-order chi connectivity index (χ1) is 9.44. The number of nitrogens with two attached hydrogens (primary N) is 1. The van der Waals surface area contributed by atoms with Gasteiger partial charge in [-0.2, -0.15) is 4.98 Å². The summed E-state index contributed by atoms with van der Waals surface area (Å²) in [4.78, 5) is 14.4. The molecule has 2 aromatic rings. The van der Waals surface area contributed by atoms with Gasteiger partial charge in [0.1, 0.15) is 0 Å². The van der Waals surface area contributed by atoms with Gasteiger partial charge in [0, 0.05) is 17.7 Å². The monoisotopic (exact) mass is 276 g/mol. The van der Waals surface area contributed by atoms with Gasteiger partial charge in [-0.05, 0) is 25.5 Å². The molecule has 0 spiro atoms. The summed E-state index contributed by atoms with van der Waals surface area (Å²) in [5.74, 6) is 0.746. The van der Waals surface area contributed by atoms with E-state index in [1.54, 1.807) is 12.1 Å². The number of benzene rings is 1. The average molecular weight is 276 g/mol. The van der Waals surface area contributed by atoms with Crippen LogP contribution in [0, 0.1) is 10.1 Å². The molecule has 0 saturated heterocycles. The molecule has 20 heavy (non-hydrogen) atoms. The predicted molar refractivity (Wildman–Crippen MR) is 72.8 cm³/mol. The fourth-order valence-electron chi connectivity index (χ4n) is 1.93. The highest BCUT2D eigenvalue weighted by molar-refractivity contribution is 5.56. The minimum absolute atomic E-state index is 0.0205. The van der Waals surface area contributed by atoms with E-state index in [1.807, 2.05) is 13.8 Å². The highest BCUT2D eigenvalue weighted by atomic mass is 16.6. The molecule has 7 nitrogen and oxygen atoms in total. The Kier molecular flexibility index (Phi) is 3.80. The summed E-state index contributed by atoms with van der Waals surface area (Å²) in [5, 5.41) is 14.5. The molecule has 0 saturated carbocycles. The van der Waals surface area contributed by atoms with Crippen LogP contribution in [0.3, 0.4) is 0 Å². The lowest BCUT2D eigenvalue weighted by Gasteiger charge is -2.18. The third-order valence-corrected chi connectivity index (χ3v) is 3.02. The van der Waals surface area contributed by atoms with E-state index in [0.717, 1.165) is 12.8 Å². The van der Waals surface area contributed by atoms with Crippen LogP contribution in [0.4, 0.5) is 5.69 Å². The van der Waals surface area contributed by atoms with E-state index >= 15 is 0 Å². The summed E-state index contributed by atoms with van der Waals surface area (Å²) in [7, 11) is 0. The van der Waals surface area contributed by atoms with Gasteiger partial charge in [0.05, 0.1) is 10.5 Å². The Hall–Kier alpha value is -2.28. The maximum absolute atomic E-state index is 10.6. The van der Waals surface area contributed by atoms with Gasteiger partial charge in [0.25, 0.3) is 5.69 Å². The predicted octanol–water partition coefficient (Wildman–Crippen LogP) is 2.62. The first-order valence-electron chi connectivity index (χ1n) is 6.32. The quantitative estimate of drug-likeness (QED) is 0.664. The molecular formula is C13H16N4O3. The van der Waals surface area contributed by atoms with Crippen LogP contribution in [0.2, 0.25) is 0 Å². The van der Waals surface area contributed by atoms with Gasteiger partial charge in [0.15, 0.2) is 0 Å². The topological polar surface area (TPSA) is 108 Å². The van der Waals surface area contributed by atoms with E-state index in [1.165, 1.54) is 12.1 Å². The SMILES string of the molecule is CCCC(C)(N)c1nc(-c2ccc([N+](=O)[O-])cc2)no1. The molecule has 2 N–H and O–H groups in total. The largest absolute Gasteiger partial charge is 0.337 e. The second-order valence-corrected chi connectivity index (χ2v) is 4.89. The minimum Gasteiger partial charge on any atom is -0.337 e. The van der Waals surface area contributed by atoms with Crippen molar-refractivity contribution < 1.29 is 9.45 Å². The van der Waals surface area contributed by atoms with Crippen molar-refractivity contribution in [1.29, 1.82) is 0 Å². The molecule has 0 fully saturated rings. The highest BCUT2D eigenvalue weighted by Gasteiger charge is 2.27. The first-order valence-corrected chi connectivity index (χ1v) is 6.32. The Morgan fingerprint density at radius 3 is 2.60 bits per heavy atom. The van der Waals surface area contributed by atoms with Gasteiger partial charge in [0.2, 0.25) is 11.7 Å². The Morgan fingerprint density at radius 1 is 1.40 bits per heavy atom. The van der Waals surface area contributed by atoms with Crippen molar-refractivity contribution in [3.63, 3.8) is 0 Å². The first kappa shape index (κ1) is 14.1. The van der Waals surface area contributed by atoms with Crippen LogP contribution >= 0.6 is 0 Å². The molecule has 1 aromatic carbocycles. The maximum Gasteiger partial charge on any atom is 0.269 e. The number of non-ortho nitro benzene ring substituents is 1. The average Bonchev–Trinajstić information content (AvgIpc) is 2.89. The van der Waals surface area contributed by atoms with Crippen LogP contribution in [0.1, 0.15) is 32.6 Å². The number of hydrogen-bond acceptors (Lipinski definition) is 6. The lowest BCUT2D eigenvalue weighted by Crippen LogP contribution is -2.33. The van der Waals surface area contributed by atoms with Crippen LogP contribution in [0.25, 0.3) is 11.4 Å². The van der Waals surface area contributed by atoms with Crippen molar-refractivity contribution in [1.82, 2.24) is 10.1 Å². The molecule has 1 aromatic heterocycles. The van der Waals surface area contributed by atoms with Crippen molar-refractivity contribution in [2.75, 3.05) is 0 Å². The molecular weight excluding hydrogens is 260 g/mol. The van der Waals surface area contributed by atoms with Crippen LogP contribution in [-0.2, 0) is 5.54 Å². The van der Waals surface area contributed by atoms with E-state index in [9.17, 15) is 10.1 Å². The smallest absolute Gasteiger partial charge is 0.269 e. The second kappa shape index (κ2) is 5.38. The third kappa shape index (κ3) is 2.83. The number of nitro groups is 1. The number of rotatable bonds is 5. The molecule has 7 heteroatoms. The highest BCUT2D eigenvalue weighted by Crippen LogP contribution is 2.25. The summed E-state index contributed by atoms with van der Waals surface area (Å²) in [6, 6.07) is 5.97. The van der Waals surface area contributed by atoms with Crippen molar-refractivity contribution in [3.8, 4) is 11.4 Å². The molecule has 106 valence electrons. The Bertz CT molecular complexity index is 604. The van der Waals surface area contributed by atoms with E-state index < -0.39 is 10.5 Å². The zero-order valence-electron chi connectivity index (χ0n) is 11.4. The van der Waals surface area contributed by atoms with E-state index in [4.69, 9.17) is 10.3 Å². The summed E-state index contributed by atoms with van der Waals surface area (Å²) < 4.78 is 5.19. The van der Waals surface area contributed by atoms with Gasteiger partial charge < -0.3 is 10.3 Å². The van der Waals surface area contributed by atoms with Crippen LogP contribution in [-0.4, -0.2) is 15.1 Å². The molecule has 0 radical (unpaired) electrons. The third-order valence-electron chi connectivity index (χ3n) is 3.02. The van der Waals surface area contributed by atoms with Crippen molar-refractivity contribution >= 4 is 5.69 Å². The van der Waals surface area contributed by atoms with Crippen molar-refractivity contribution in [2.24, 2.45) is 5.73 Å². The number of nitrogens with zero attached hydrogens (tertiary/aromatic N) is 3. The molecule has 0 bridgehead atoms. The molecule has 0 aliphatic heterocycles. The number of hydrogen-bond donors (Lipinski definition) is 1. The van der Waals surface area contributed by atoms with Gasteiger partial charge in [-0.25, -0.2) is 0 Å². The molecule has 2 rings (SSSR count).